The largest absolute Gasteiger partial charge is 0.416 e. The van der Waals surface area contributed by atoms with E-state index < -0.39 is 11.7 Å². The number of nitrogens with zero attached hydrogens (tertiary/aromatic N) is 2. The van der Waals surface area contributed by atoms with Gasteiger partial charge >= 0.3 is 6.18 Å². The molecule has 0 saturated heterocycles. The third-order valence-electron chi connectivity index (χ3n) is 4.10. The summed E-state index contributed by atoms with van der Waals surface area (Å²) in [4.78, 5) is 12.1. The number of nitrogens with one attached hydrogen (secondary N) is 1. The minimum absolute atomic E-state index is 0.168. The van der Waals surface area contributed by atoms with Crippen LogP contribution in [0.2, 0.25) is 0 Å². The number of alkyl halides is 3. The van der Waals surface area contributed by atoms with E-state index in [9.17, 15) is 18.0 Å². The Morgan fingerprint density at radius 3 is 2.33 bits per heavy atom. The highest BCUT2D eigenvalue weighted by Crippen LogP contribution is 2.39. The maximum Gasteiger partial charge on any atom is 0.416 e. The zero-order chi connectivity index (χ0) is 17.7. The Kier molecular flexibility index (Phi) is 3.69. The Morgan fingerprint density at radius 1 is 1.17 bits per heavy atom. The summed E-state index contributed by atoms with van der Waals surface area (Å²) in [5.74, 6) is 0.147. The highest BCUT2D eigenvalue weighted by atomic mass is 19.4. The molecular weight excluding hydrogens is 319 g/mol. The van der Waals surface area contributed by atoms with Crippen molar-refractivity contribution in [3.63, 3.8) is 0 Å². The van der Waals surface area contributed by atoms with Crippen molar-refractivity contribution in [3.05, 3.63) is 47.2 Å². The van der Waals surface area contributed by atoms with Crippen molar-refractivity contribution in [1.29, 1.82) is 0 Å². The summed E-state index contributed by atoms with van der Waals surface area (Å²) in [6.45, 7) is 5.90. The van der Waals surface area contributed by atoms with Crippen LogP contribution in [0.4, 0.5) is 19.0 Å². The quantitative estimate of drug-likeness (QED) is 0.850. The van der Waals surface area contributed by atoms with Crippen molar-refractivity contribution in [2.24, 2.45) is 0 Å². The van der Waals surface area contributed by atoms with E-state index in [4.69, 9.17) is 0 Å². The molecule has 1 amide bonds. The normalized spacial score (nSPS) is 18.2. The van der Waals surface area contributed by atoms with Gasteiger partial charge in [-0.25, -0.2) is 4.68 Å². The van der Waals surface area contributed by atoms with Gasteiger partial charge in [-0.2, -0.15) is 18.3 Å². The molecule has 0 radical (unpaired) electrons. The maximum absolute atomic E-state index is 12.7. The van der Waals surface area contributed by atoms with Crippen LogP contribution in [0.15, 0.2) is 30.5 Å². The van der Waals surface area contributed by atoms with Gasteiger partial charge in [0.15, 0.2) is 0 Å². The van der Waals surface area contributed by atoms with E-state index >= 15 is 0 Å². The molecule has 0 fully saturated rings. The number of anilines is 1. The van der Waals surface area contributed by atoms with Crippen molar-refractivity contribution in [2.45, 2.75) is 44.8 Å². The molecule has 4 nitrogen and oxygen atoms in total. The summed E-state index contributed by atoms with van der Waals surface area (Å²) in [5, 5.41) is 7.19. The molecule has 2 heterocycles. The third-order valence-corrected chi connectivity index (χ3v) is 4.10. The summed E-state index contributed by atoms with van der Waals surface area (Å²) < 4.78 is 39.9. The van der Waals surface area contributed by atoms with Crippen molar-refractivity contribution < 1.29 is 18.0 Å². The predicted octanol–water partition coefficient (Wildman–Crippen LogP) is 4.13. The fraction of sp³-hybridized carbons (Fsp3) is 0.412. The van der Waals surface area contributed by atoms with E-state index in [0.717, 1.165) is 17.7 Å². The van der Waals surface area contributed by atoms with Gasteiger partial charge in [-0.15, -0.1) is 0 Å². The Labute approximate surface area is 137 Å². The van der Waals surface area contributed by atoms with Gasteiger partial charge in [-0.1, -0.05) is 12.1 Å². The lowest BCUT2D eigenvalue weighted by Crippen LogP contribution is -2.30. The molecule has 128 valence electrons. The van der Waals surface area contributed by atoms with Gasteiger partial charge in [0.2, 0.25) is 5.91 Å². The monoisotopic (exact) mass is 337 g/mol. The van der Waals surface area contributed by atoms with Crippen molar-refractivity contribution in [3.8, 4) is 0 Å². The number of benzene rings is 1. The molecule has 3 rings (SSSR count). The summed E-state index contributed by atoms with van der Waals surface area (Å²) in [5.41, 5.74) is 0.483. The van der Waals surface area contributed by atoms with Crippen LogP contribution in [0, 0.1) is 0 Å². The molecule has 1 aromatic carbocycles. The highest BCUT2D eigenvalue weighted by Gasteiger charge is 2.34. The summed E-state index contributed by atoms with van der Waals surface area (Å²) in [6.07, 6.45) is -2.50. The van der Waals surface area contributed by atoms with Gasteiger partial charge in [-0.3, -0.25) is 4.79 Å². The first-order chi connectivity index (χ1) is 11.1. The van der Waals surface area contributed by atoms with Gasteiger partial charge in [0.1, 0.15) is 5.82 Å². The Balaban J connectivity index is 2.02. The first kappa shape index (κ1) is 16.5. The SMILES string of the molecule is CC(C)(C)n1ncc2c1NC(=O)C[C@H]2c1ccc(C(F)(F)F)cc1. The zero-order valence-electron chi connectivity index (χ0n) is 13.6. The van der Waals surface area contributed by atoms with E-state index in [2.05, 4.69) is 10.4 Å². The number of amides is 1. The van der Waals surface area contributed by atoms with Crippen molar-refractivity contribution in [1.82, 2.24) is 9.78 Å². The fourth-order valence-electron chi connectivity index (χ4n) is 2.93. The topological polar surface area (TPSA) is 46.9 Å². The van der Waals surface area contributed by atoms with E-state index in [-0.39, 0.29) is 23.8 Å². The minimum atomic E-state index is -4.37. The second kappa shape index (κ2) is 5.36. The molecule has 0 bridgehead atoms. The average molecular weight is 337 g/mol. The Bertz CT molecular complexity index is 770. The van der Waals surface area contributed by atoms with E-state index in [1.165, 1.54) is 12.1 Å². The molecule has 24 heavy (non-hydrogen) atoms. The molecule has 1 aliphatic heterocycles. The summed E-state index contributed by atoms with van der Waals surface area (Å²) in [6, 6.07) is 4.97. The zero-order valence-corrected chi connectivity index (χ0v) is 13.6. The lowest BCUT2D eigenvalue weighted by molar-refractivity contribution is -0.137. The fourth-order valence-corrected chi connectivity index (χ4v) is 2.93. The number of aromatic nitrogens is 2. The standard InChI is InChI=1S/C17H18F3N3O/c1-16(2,3)23-15-13(9-21-23)12(8-14(24)22-15)10-4-6-11(7-5-10)17(18,19)20/h4-7,9,12H,8H2,1-3H3,(H,22,24)/t12-/m0/s1. The Morgan fingerprint density at radius 2 is 1.79 bits per heavy atom. The number of carbonyl (C=O) groups is 1. The van der Waals surface area contributed by atoms with Crippen LogP contribution < -0.4 is 5.32 Å². The molecule has 0 saturated carbocycles. The number of rotatable bonds is 1. The second-order valence-electron chi connectivity index (χ2n) is 6.96. The first-order valence-electron chi connectivity index (χ1n) is 7.63. The number of carbonyl (C=O) groups excluding carboxylic acids is 1. The highest BCUT2D eigenvalue weighted by molar-refractivity contribution is 5.94. The van der Waals surface area contributed by atoms with E-state index in [0.29, 0.717) is 11.4 Å². The minimum Gasteiger partial charge on any atom is -0.311 e. The Hall–Kier alpha value is -2.31. The van der Waals surface area contributed by atoms with Crippen LogP contribution in [0.1, 0.15) is 49.8 Å². The van der Waals surface area contributed by atoms with Crippen LogP contribution in [0.25, 0.3) is 0 Å². The molecule has 1 N–H and O–H groups in total. The summed E-state index contributed by atoms with van der Waals surface area (Å²) >= 11 is 0. The first-order valence-corrected chi connectivity index (χ1v) is 7.63. The molecule has 0 spiro atoms. The number of fused-ring (bicyclic) bond motifs is 1. The van der Waals surface area contributed by atoms with E-state index in [1.54, 1.807) is 10.9 Å². The number of hydrogen-bond donors (Lipinski definition) is 1. The van der Waals surface area contributed by atoms with Gasteiger partial charge in [0, 0.05) is 17.9 Å². The third kappa shape index (κ3) is 2.90. The van der Waals surface area contributed by atoms with Crippen LogP contribution in [0.5, 0.6) is 0 Å². The number of halogens is 3. The van der Waals surface area contributed by atoms with Crippen LogP contribution in [-0.2, 0) is 16.5 Å². The lowest BCUT2D eigenvalue weighted by atomic mass is 9.87. The lowest BCUT2D eigenvalue weighted by Gasteiger charge is -2.28. The molecule has 2 aromatic rings. The van der Waals surface area contributed by atoms with Crippen LogP contribution in [0.3, 0.4) is 0 Å². The van der Waals surface area contributed by atoms with Gasteiger partial charge in [0.25, 0.3) is 0 Å². The number of hydrogen-bond acceptors (Lipinski definition) is 2. The smallest absolute Gasteiger partial charge is 0.311 e. The molecule has 1 atom stereocenters. The maximum atomic E-state index is 12.7. The molecule has 0 unspecified atom stereocenters. The van der Waals surface area contributed by atoms with Crippen LogP contribution >= 0.6 is 0 Å². The van der Waals surface area contributed by atoms with E-state index in [1.807, 2.05) is 20.8 Å². The van der Waals surface area contributed by atoms with Crippen LogP contribution in [-0.4, -0.2) is 15.7 Å². The van der Waals surface area contributed by atoms with Gasteiger partial charge in [-0.05, 0) is 38.5 Å². The van der Waals surface area contributed by atoms with Crippen molar-refractivity contribution >= 4 is 11.7 Å². The second-order valence-corrected chi connectivity index (χ2v) is 6.96. The van der Waals surface area contributed by atoms with Crippen molar-refractivity contribution in [2.75, 3.05) is 5.32 Å². The average Bonchev–Trinajstić information content (AvgIpc) is 2.89. The summed E-state index contributed by atoms with van der Waals surface area (Å²) in [7, 11) is 0. The molecule has 7 heteroatoms. The predicted molar refractivity (Wildman–Crippen MR) is 83.8 cm³/mol. The molecule has 0 aliphatic carbocycles. The van der Waals surface area contributed by atoms with Gasteiger partial charge < -0.3 is 5.32 Å². The van der Waals surface area contributed by atoms with Gasteiger partial charge in [0.05, 0.1) is 17.3 Å². The molecule has 1 aromatic heterocycles. The molecular formula is C17H18F3N3O. The molecule has 1 aliphatic rings.